The second kappa shape index (κ2) is 6.76. The molecule has 0 bridgehead atoms. The summed E-state index contributed by atoms with van der Waals surface area (Å²) in [7, 11) is 3.89. The number of nitrogen functional groups attached to an aromatic ring is 1. The minimum atomic E-state index is -0.172. The van der Waals surface area contributed by atoms with Gasteiger partial charge in [-0.3, -0.25) is 4.79 Å². The van der Waals surface area contributed by atoms with Crippen molar-refractivity contribution in [1.29, 1.82) is 0 Å². The molecule has 122 valence electrons. The van der Waals surface area contributed by atoms with E-state index >= 15 is 0 Å². The summed E-state index contributed by atoms with van der Waals surface area (Å²) in [5, 5.41) is 4.94. The molecule has 1 aromatic heterocycles. The molecule has 2 aromatic carbocycles. The lowest BCUT2D eigenvalue weighted by Gasteiger charge is -2.14. The number of rotatable bonds is 4. The van der Waals surface area contributed by atoms with Crippen LogP contribution in [-0.4, -0.2) is 20.0 Å². The van der Waals surface area contributed by atoms with Gasteiger partial charge in [0.25, 0.3) is 5.91 Å². The zero-order valence-corrected chi connectivity index (χ0v) is 14.4. The van der Waals surface area contributed by atoms with Gasteiger partial charge in [-0.2, -0.15) is 0 Å². The first kappa shape index (κ1) is 16.1. The Bertz CT molecular complexity index is 857. The number of benzene rings is 2. The van der Waals surface area contributed by atoms with Crippen molar-refractivity contribution in [3.05, 3.63) is 65.5 Å². The maximum atomic E-state index is 12.6. The molecule has 5 heteroatoms. The zero-order chi connectivity index (χ0) is 17.1. The first-order valence-electron chi connectivity index (χ1n) is 7.57. The summed E-state index contributed by atoms with van der Waals surface area (Å²) < 4.78 is 0. The molecule has 0 aliphatic heterocycles. The molecular weight excluding hydrogens is 318 g/mol. The normalized spacial score (nSPS) is 10.4. The molecular formula is C19H19N3OS. The summed E-state index contributed by atoms with van der Waals surface area (Å²) in [6.45, 7) is 0. The average molecular weight is 337 g/mol. The number of anilines is 3. The molecule has 3 rings (SSSR count). The minimum absolute atomic E-state index is 0.172. The Morgan fingerprint density at radius 3 is 2.62 bits per heavy atom. The van der Waals surface area contributed by atoms with Crippen LogP contribution in [0.5, 0.6) is 0 Å². The van der Waals surface area contributed by atoms with Gasteiger partial charge in [-0.1, -0.05) is 18.2 Å². The van der Waals surface area contributed by atoms with Crippen molar-refractivity contribution in [3.8, 4) is 10.4 Å². The summed E-state index contributed by atoms with van der Waals surface area (Å²) in [5.74, 6) is -0.172. The minimum Gasteiger partial charge on any atom is -0.397 e. The fraction of sp³-hybridized carbons (Fsp3) is 0.105. The summed E-state index contributed by atoms with van der Waals surface area (Å²) >= 11 is 1.65. The molecule has 1 amide bonds. The van der Waals surface area contributed by atoms with Crippen LogP contribution in [-0.2, 0) is 0 Å². The van der Waals surface area contributed by atoms with Crippen LogP contribution in [0.2, 0.25) is 0 Å². The Morgan fingerprint density at radius 2 is 1.92 bits per heavy atom. The predicted molar refractivity (Wildman–Crippen MR) is 103 cm³/mol. The Hall–Kier alpha value is -2.79. The Balaban J connectivity index is 1.86. The SMILES string of the molecule is CN(C)c1cccc(C(=O)Nc2cc(-c3cccs3)ccc2N)c1. The maximum absolute atomic E-state index is 12.6. The first-order valence-corrected chi connectivity index (χ1v) is 8.45. The van der Waals surface area contributed by atoms with E-state index in [1.807, 2.05) is 72.9 Å². The highest BCUT2D eigenvalue weighted by Gasteiger charge is 2.11. The summed E-state index contributed by atoms with van der Waals surface area (Å²) in [5.41, 5.74) is 9.82. The van der Waals surface area contributed by atoms with E-state index in [9.17, 15) is 4.79 Å². The zero-order valence-electron chi connectivity index (χ0n) is 13.6. The van der Waals surface area contributed by atoms with E-state index in [2.05, 4.69) is 5.32 Å². The standard InChI is InChI=1S/C19H19N3OS/c1-22(2)15-6-3-5-14(11-15)19(23)21-17-12-13(8-9-16(17)20)18-7-4-10-24-18/h3-12H,20H2,1-2H3,(H,21,23). The highest BCUT2D eigenvalue weighted by atomic mass is 32.1. The van der Waals surface area contributed by atoms with Crippen LogP contribution >= 0.6 is 11.3 Å². The molecule has 0 saturated carbocycles. The van der Waals surface area contributed by atoms with E-state index in [0.717, 1.165) is 16.1 Å². The lowest BCUT2D eigenvalue weighted by Crippen LogP contribution is -2.15. The lowest BCUT2D eigenvalue weighted by molar-refractivity contribution is 0.102. The fourth-order valence-electron chi connectivity index (χ4n) is 2.38. The maximum Gasteiger partial charge on any atom is 0.255 e. The van der Waals surface area contributed by atoms with Gasteiger partial charge in [-0.25, -0.2) is 0 Å². The van der Waals surface area contributed by atoms with Crippen LogP contribution in [0.4, 0.5) is 17.1 Å². The largest absolute Gasteiger partial charge is 0.397 e. The number of thiophene rings is 1. The molecule has 24 heavy (non-hydrogen) atoms. The number of carbonyl (C=O) groups is 1. The third-order valence-corrected chi connectivity index (χ3v) is 4.65. The van der Waals surface area contributed by atoms with Crippen LogP contribution in [0.15, 0.2) is 60.0 Å². The van der Waals surface area contributed by atoms with Gasteiger partial charge < -0.3 is 16.0 Å². The molecule has 3 N–H and O–H groups in total. The Morgan fingerprint density at radius 1 is 1.08 bits per heavy atom. The molecule has 0 saturated heterocycles. The smallest absolute Gasteiger partial charge is 0.255 e. The third-order valence-electron chi connectivity index (χ3n) is 3.73. The van der Waals surface area contributed by atoms with Crippen LogP contribution in [0, 0.1) is 0 Å². The van der Waals surface area contributed by atoms with Gasteiger partial charge in [-0.05, 0) is 47.3 Å². The van der Waals surface area contributed by atoms with Crippen LogP contribution < -0.4 is 16.0 Å². The molecule has 0 radical (unpaired) electrons. The highest BCUT2D eigenvalue weighted by Crippen LogP contribution is 2.30. The monoisotopic (exact) mass is 337 g/mol. The summed E-state index contributed by atoms with van der Waals surface area (Å²) in [4.78, 5) is 15.7. The van der Waals surface area contributed by atoms with Gasteiger partial charge in [0.15, 0.2) is 0 Å². The number of hydrogen-bond donors (Lipinski definition) is 2. The molecule has 3 aromatic rings. The second-order valence-corrected chi connectivity index (χ2v) is 6.63. The molecule has 0 fully saturated rings. The highest BCUT2D eigenvalue weighted by molar-refractivity contribution is 7.13. The third kappa shape index (κ3) is 3.41. The van der Waals surface area contributed by atoms with E-state index in [0.29, 0.717) is 16.9 Å². The molecule has 0 aliphatic carbocycles. The van der Waals surface area contributed by atoms with Gasteiger partial charge >= 0.3 is 0 Å². The van der Waals surface area contributed by atoms with E-state index in [-0.39, 0.29) is 5.91 Å². The van der Waals surface area contributed by atoms with Gasteiger partial charge in [0.05, 0.1) is 11.4 Å². The summed E-state index contributed by atoms with van der Waals surface area (Å²) in [6, 6.07) is 17.2. The Kier molecular flexibility index (Phi) is 4.53. The Labute approximate surface area is 145 Å². The van der Waals surface area contributed by atoms with Crippen molar-refractivity contribution in [2.45, 2.75) is 0 Å². The predicted octanol–water partition coefficient (Wildman–Crippen LogP) is 4.32. The van der Waals surface area contributed by atoms with E-state index < -0.39 is 0 Å². The van der Waals surface area contributed by atoms with Crippen molar-refractivity contribution in [2.24, 2.45) is 0 Å². The van der Waals surface area contributed by atoms with Gasteiger partial charge in [-0.15, -0.1) is 11.3 Å². The van der Waals surface area contributed by atoms with Crippen molar-refractivity contribution >= 4 is 34.3 Å². The molecule has 1 heterocycles. The first-order chi connectivity index (χ1) is 11.5. The van der Waals surface area contributed by atoms with E-state index in [1.54, 1.807) is 17.4 Å². The number of nitrogens with zero attached hydrogens (tertiary/aromatic N) is 1. The van der Waals surface area contributed by atoms with Crippen molar-refractivity contribution < 1.29 is 4.79 Å². The van der Waals surface area contributed by atoms with Gasteiger partial charge in [0.2, 0.25) is 0 Å². The number of carbonyl (C=O) groups excluding carboxylic acids is 1. The van der Waals surface area contributed by atoms with E-state index in [4.69, 9.17) is 5.73 Å². The molecule has 4 nitrogen and oxygen atoms in total. The van der Waals surface area contributed by atoms with Gasteiger partial charge in [0.1, 0.15) is 0 Å². The van der Waals surface area contributed by atoms with Crippen molar-refractivity contribution in [2.75, 3.05) is 30.0 Å². The fourth-order valence-corrected chi connectivity index (χ4v) is 3.10. The lowest BCUT2D eigenvalue weighted by atomic mass is 10.1. The molecule has 0 aliphatic rings. The van der Waals surface area contributed by atoms with Gasteiger partial charge in [0, 0.05) is 30.2 Å². The quantitative estimate of drug-likeness (QED) is 0.697. The number of amides is 1. The van der Waals surface area contributed by atoms with E-state index in [1.165, 1.54) is 0 Å². The molecule has 0 unspecified atom stereocenters. The van der Waals surface area contributed by atoms with Crippen LogP contribution in [0.25, 0.3) is 10.4 Å². The topological polar surface area (TPSA) is 58.4 Å². The van der Waals surface area contributed by atoms with Crippen LogP contribution in [0.3, 0.4) is 0 Å². The average Bonchev–Trinajstić information content (AvgIpc) is 3.11. The molecule has 0 spiro atoms. The second-order valence-electron chi connectivity index (χ2n) is 5.68. The number of nitrogens with one attached hydrogen (secondary N) is 1. The number of nitrogens with two attached hydrogens (primary N) is 1. The molecule has 0 atom stereocenters. The van der Waals surface area contributed by atoms with Crippen molar-refractivity contribution in [3.63, 3.8) is 0 Å². The van der Waals surface area contributed by atoms with Crippen LogP contribution in [0.1, 0.15) is 10.4 Å². The summed E-state index contributed by atoms with van der Waals surface area (Å²) in [6.07, 6.45) is 0. The number of hydrogen-bond acceptors (Lipinski definition) is 4. The van der Waals surface area contributed by atoms with Crippen molar-refractivity contribution in [1.82, 2.24) is 0 Å².